The van der Waals surface area contributed by atoms with Crippen molar-refractivity contribution in [2.24, 2.45) is 0 Å². The number of nitrogens with zero attached hydrogens (tertiary/aromatic N) is 4. The maximum Gasteiger partial charge on any atom is 0.187 e. The van der Waals surface area contributed by atoms with Gasteiger partial charge in [0.25, 0.3) is 0 Å². The van der Waals surface area contributed by atoms with Crippen LogP contribution in [0.5, 0.6) is 0 Å². The number of pyridine rings is 2. The predicted molar refractivity (Wildman–Crippen MR) is 180 cm³/mol. The van der Waals surface area contributed by atoms with Crippen molar-refractivity contribution in [3.63, 3.8) is 0 Å². The molecule has 1 saturated carbocycles. The van der Waals surface area contributed by atoms with Crippen LogP contribution in [-0.4, -0.2) is 9.97 Å². The second kappa shape index (κ2) is 12.0. The van der Waals surface area contributed by atoms with Crippen LogP contribution in [0.1, 0.15) is 42.6 Å². The van der Waals surface area contributed by atoms with Gasteiger partial charge in [-0.25, -0.2) is 4.85 Å². The van der Waals surface area contributed by atoms with E-state index >= 15 is 0 Å². The molecule has 0 amide bonds. The van der Waals surface area contributed by atoms with Crippen molar-refractivity contribution in [1.29, 1.82) is 5.26 Å². The minimum Gasteiger partial charge on any atom is -0.251 e. The van der Waals surface area contributed by atoms with Crippen LogP contribution in [0.2, 0.25) is 0 Å². The highest BCUT2D eigenvalue weighted by molar-refractivity contribution is 5.83. The second-order valence-corrected chi connectivity index (χ2v) is 11.6. The third-order valence-electron chi connectivity index (χ3n) is 8.91. The van der Waals surface area contributed by atoms with E-state index in [4.69, 9.17) is 16.5 Å². The molecule has 6 aromatic rings. The van der Waals surface area contributed by atoms with Crippen LogP contribution in [0.4, 0.5) is 5.69 Å². The standard InChI is InChI=1S/C41H30N4/c1-43-34-19-11-18-33(27-34)40-36(31-15-6-3-7-16-31)21-23-38(45-40)41(24-8-9-25-41)37-22-20-35(30-13-4-2-5-14-30)39(44-37)32-17-10-12-29(26-32)28-42/h2-7,10-23,26-27H,8-9,24-25H2. The molecule has 0 spiro atoms. The fraction of sp³-hybridized carbons (Fsp3) is 0.122. The van der Waals surface area contributed by atoms with Gasteiger partial charge in [-0.05, 0) is 59.9 Å². The molecule has 4 nitrogen and oxygen atoms in total. The van der Waals surface area contributed by atoms with Crippen LogP contribution in [0.25, 0.3) is 49.6 Å². The molecule has 45 heavy (non-hydrogen) atoms. The van der Waals surface area contributed by atoms with E-state index in [-0.39, 0.29) is 5.41 Å². The molecule has 214 valence electrons. The molecule has 1 fully saturated rings. The van der Waals surface area contributed by atoms with Crippen LogP contribution in [-0.2, 0) is 5.41 Å². The van der Waals surface area contributed by atoms with E-state index < -0.39 is 0 Å². The molecule has 0 N–H and O–H groups in total. The Balaban J connectivity index is 1.44. The highest BCUT2D eigenvalue weighted by Gasteiger charge is 2.41. The van der Waals surface area contributed by atoms with Crippen LogP contribution in [0.15, 0.2) is 133 Å². The Morgan fingerprint density at radius 2 is 1.09 bits per heavy atom. The molecule has 4 aromatic carbocycles. The lowest BCUT2D eigenvalue weighted by Crippen LogP contribution is -2.27. The Bertz CT molecular complexity index is 1930. The minimum atomic E-state index is -0.363. The van der Waals surface area contributed by atoms with Crippen molar-refractivity contribution in [3.05, 3.63) is 162 Å². The molecule has 0 aliphatic heterocycles. The molecule has 0 unspecified atom stereocenters. The van der Waals surface area contributed by atoms with Crippen molar-refractivity contribution in [2.75, 3.05) is 0 Å². The zero-order valence-electron chi connectivity index (χ0n) is 24.8. The van der Waals surface area contributed by atoms with Gasteiger partial charge in [0, 0.05) is 16.7 Å². The number of nitriles is 1. The van der Waals surface area contributed by atoms with Gasteiger partial charge in [-0.2, -0.15) is 5.26 Å². The zero-order valence-corrected chi connectivity index (χ0v) is 24.8. The van der Waals surface area contributed by atoms with E-state index in [0.29, 0.717) is 11.3 Å². The van der Waals surface area contributed by atoms with Gasteiger partial charge in [-0.1, -0.05) is 116 Å². The summed E-state index contributed by atoms with van der Waals surface area (Å²) in [5.74, 6) is 0. The van der Waals surface area contributed by atoms with Gasteiger partial charge in [-0.3, -0.25) is 9.97 Å². The van der Waals surface area contributed by atoms with E-state index in [0.717, 1.165) is 81.8 Å². The Morgan fingerprint density at radius 1 is 0.578 bits per heavy atom. The molecule has 2 heterocycles. The Hall–Kier alpha value is -5.84. The van der Waals surface area contributed by atoms with Crippen LogP contribution >= 0.6 is 0 Å². The molecule has 1 aliphatic rings. The summed E-state index contributed by atoms with van der Waals surface area (Å²) in [5.41, 5.74) is 10.7. The van der Waals surface area contributed by atoms with Gasteiger partial charge in [-0.15, -0.1) is 0 Å². The molecule has 4 heteroatoms. The molecule has 0 radical (unpaired) electrons. The normalized spacial score (nSPS) is 13.6. The fourth-order valence-corrected chi connectivity index (χ4v) is 6.67. The minimum absolute atomic E-state index is 0.363. The van der Waals surface area contributed by atoms with E-state index in [9.17, 15) is 5.26 Å². The summed E-state index contributed by atoms with van der Waals surface area (Å²) in [7, 11) is 0. The SMILES string of the molecule is [C-]#[N+]c1cccc(-c2nc(C3(c4ccc(-c5ccccc5)c(-c5cccc(C#N)c5)n4)CCCC3)ccc2-c2ccccc2)c1. The topological polar surface area (TPSA) is 53.9 Å². The largest absolute Gasteiger partial charge is 0.251 e. The van der Waals surface area contributed by atoms with Crippen LogP contribution in [0, 0.1) is 17.9 Å². The molecular formula is C41H30N4. The van der Waals surface area contributed by atoms with Gasteiger partial charge in [0.1, 0.15) is 0 Å². The van der Waals surface area contributed by atoms with E-state index in [1.807, 2.05) is 84.9 Å². The Morgan fingerprint density at radius 3 is 1.62 bits per heavy atom. The monoisotopic (exact) mass is 578 g/mol. The quantitative estimate of drug-likeness (QED) is 0.185. The summed E-state index contributed by atoms with van der Waals surface area (Å²) in [6, 6.07) is 47.1. The fourth-order valence-electron chi connectivity index (χ4n) is 6.67. The Kier molecular flexibility index (Phi) is 7.48. The van der Waals surface area contributed by atoms with Gasteiger partial charge in [0.15, 0.2) is 5.69 Å². The molecule has 7 rings (SSSR count). The summed E-state index contributed by atoms with van der Waals surface area (Å²) in [6.07, 6.45) is 4.07. The van der Waals surface area contributed by atoms with Crippen molar-refractivity contribution in [1.82, 2.24) is 9.97 Å². The van der Waals surface area contributed by atoms with Gasteiger partial charge in [0.05, 0.1) is 46.4 Å². The van der Waals surface area contributed by atoms with Gasteiger partial charge in [0.2, 0.25) is 0 Å². The van der Waals surface area contributed by atoms with Crippen LogP contribution < -0.4 is 0 Å². The lowest BCUT2D eigenvalue weighted by Gasteiger charge is -2.30. The third kappa shape index (κ3) is 5.29. The van der Waals surface area contributed by atoms with E-state index in [1.165, 1.54) is 0 Å². The summed E-state index contributed by atoms with van der Waals surface area (Å²) in [5, 5.41) is 9.67. The van der Waals surface area contributed by atoms with Crippen molar-refractivity contribution in [2.45, 2.75) is 31.1 Å². The average Bonchev–Trinajstić information content (AvgIpc) is 3.63. The summed E-state index contributed by atoms with van der Waals surface area (Å²) in [6.45, 7) is 7.62. The summed E-state index contributed by atoms with van der Waals surface area (Å²) < 4.78 is 0. The smallest absolute Gasteiger partial charge is 0.187 e. The lowest BCUT2D eigenvalue weighted by atomic mass is 9.77. The summed E-state index contributed by atoms with van der Waals surface area (Å²) >= 11 is 0. The van der Waals surface area contributed by atoms with E-state index in [2.05, 4.69) is 59.4 Å². The van der Waals surface area contributed by atoms with Gasteiger partial charge >= 0.3 is 0 Å². The second-order valence-electron chi connectivity index (χ2n) is 11.6. The maximum absolute atomic E-state index is 9.67. The average molecular weight is 579 g/mol. The molecule has 0 atom stereocenters. The maximum atomic E-state index is 9.67. The molecule has 0 bridgehead atoms. The number of hydrogen-bond acceptors (Lipinski definition) is 3. The summed E-state index contributed by atoms with van der Waals surface area (Å²) in [4.78, 5) is 14.6. The zero-order chi connectivity index (χ0) is 30.6. The van der Waals surface area contributed by atoms with E-state index in [1.54, 1.807) is 0 Å². The predicted octanol–water partition coefficient (Wildman–Crippen LogP) is 10.4. The first kappa shape index (κ1) is 28.0. The van der Waals surface area contributed by atoms with Crippen molar-refractivity contribution >= 4 is 5.69 Å². The third-order valence-corrected chi connectivity index (χ3v) is 8.91. The first-order valence-corrected chi connectivity index (χ1v) is 15.3. The molecule has 0 saturated heterocycles. The highest BCUT2D eigenvalue weighted by Crippen LogP contribution is 2.47. The first-order chi connectivity index (χ1) is 22.2. The van der Waals surface area contributed by atoms with Gasteiger partial charge < -0.3 is 0 Å². The molecule has 2 aromatic heterocycles. The van der Waals surface area contributed by atoms with Crippen molar-refractivity contribution < 1.29 is 0 Å². The number of hydrogen-bond donors (Lipinski definition) is 0. The number of rotatable bonds is 6. The van der Waals surface area contributed by atoms with Crippen LogP contribution in [0.3, 0.4) is 0 Å². The molecule has 1 aliphatic carbocycles. The van der Waals surface area contributed by atoms with Crippen molar-refractivity contribution in [3.8, 4) is 50.8 Å². The number of benzene rings is 4. The Labute approximate surface area is 264 Å². The number of aromatic nitrogens is 2. The molecular weight excluding hydrogens is 548 g/mol. The lowest BCUT2D eigenvalue weighted by molar-refractivity contribution is 0.503. The highest BCUT2D eigenvalue weighted by atomic mass is 14.8. The first-order valence-electron chi connectivity index (χ1n) is 15.3.